The Kier molecular flexibility index (Phi) is 13.0. The van der Waals surface area contributed by atoms with Crippen molar-refractivity contribution >= 4 is 35.3 Å². The summed E-state index contributed by atoms with van der Waals surface area (Å²) in [5.74, 6) is -4.44. The molecule has 13 nitrogen and oxygen atoms in total. The maximum atomic E-state index is 14.2. The van der Waals surface area contributed by atoms with Gasteiger partial charge in [-0.15, -0.1) is 0 Å². The van der Waals surface area contributed by atoms with Crippen molar-refractivity contribution in [1.29, 1.82) is 0 Å². The van der Waals surface area contributed by atoms with Crippen molar-refractivity contribution in [2.24, 2.45) is 23.7 Å². The minimum Gasteiger partial charge on any atom is -0.347 e. The van der Waals surface area contributed by atoms with Crippen molar-refractivity contribution in [3.8, 4) is 0 Å². The lowest BCUT2D eigenvalue weighted by Gasteiger charge is -2.33. The van der Waals surface area contributed by atoms with Crippen LogP contribution in [0, 0.1) is 23.7 Å². The number of aromatic nitrogens is 2. The SMILES string of the molecule is CCCC(NC(=O)C1[C@H]2CC=C[C@H]2CN1C(=O)C(NC(=O)[C@H](NC(=O)c1cnccn1)C(C)C)C(C)C)C(=O)C(=O)N[C@@H](C)CC. The van der Waals surface area contributed by atoms with E-state index in [1.807, 2.05) is 26.0 Å². The van der Waals surface area contributed by atoms with Crippen molar-refractivity contribution < 1.29 is 28.8 Å². The van der Waals surface area contributed by atoms with Crippen LogP contribution in [0.3, 0.4) is 0 Å². The van der Waals surface area contributed by atoms with Gasteiger partial charge in [0.1, 0.15) is 23.8 Å². The van der Waals surface area contributed by atoms with Gasteiger partial charge in [-0.1, -0.05) is 60.1 Å². The average molecular weight is 640 g/mol. The molecule has 0 spiro atoms. The summed E-state index contributed by atoms with van der Waals surface area (Å²) in [6.07, 6.45) is 10.1. The van der Waals surface area contributed by atoms with Crippen LogP contribution in [0.15, 0.2) is 30.7 Å². The largest absolute Gasteiger partial charge is 0.347 e. The fourth-order valence-corrected chi connectivity index (χ4v) is 5.89. The van der Waals surface area contributed by atoms with Gasteiger partial charge in [0.15, 0.2) is 0 Å². The number of allylic oxidation sites excluding steroid dienone is 1. The summed E-state index contributed by atoms with van der Waals surface area (Å²) >= 11 is 0. The van der Waals surface area contributed by atoms with Gasteiger partial charge in [-0.3, -0.25) is 33.8 Å². The number of hydrogen-bond donors (Lipinski definition) is 4. The summed E-state index contributed by atoms with van der Waals surface area (Å²) in [5.41, 5.74) is 0.0557. The van der Waals surface area contributed by atoms with Crippen LogP contribution < -0.4 is 21.3 Å². The lowest BCUT2D eigenvalue weighted by Crippen LogP contribution is -2.60. The molecule has 7 atom stereocenters. The summed E-state index contributed by atoms with van der Waals surface area (Å²) in [7, 11) is 0. The van der Waals surface area contributed by atoms with E-state index in [1.165, 1.54) is 23.5 Å². The highest BCUT2D eigenvalue weighted by Crippen LogP contribution is 2.39. The van der Waals surface area contributed by atoms with Crippen LogP contribution in [0.2, 0.25) is 0 Å². The number of carbonyl (C=O) groups excluding carboxylic acids is 6. The van der Waals surface area contributed by atoms with Gasteiger partial charge in [0.2, 0.25) is 23.5 Å². The lowest BCUT2D eigenvalue weighted by atomic mass is 9.92. The Balaban J connectivity index is 1.81. The molecule has 2 heterocycles. The third kappa shape index (κ3) is 8.76. The Labute approximate surface area is 271 Å². The molecule has 3 rings (SSSR count). The molecule has 1 fully saturated rings. The topological polar surface area (TPSA) is 180 Å². The minimum atomic E-state index is -1.03. The van der Waals surface area contributed by atoms with E-state index in [9.17, 15) is 28.8 Å². The predicted octanol–water partition coefficient (Wildman–Crippen LogP) is 1.54. The minimum absolute atomic E-state index is 0.0557. The molecule has 1 aliphatic heterocycles. The molecule has 1 aromatic rings. The summed E-state index contributed by atoms with van der Waals surface area (Å²) < 4.78 is 0. The van der Waals surface area contributed by atoms with Crippen molar-refractivity contribution in [3.05, 3.63) is 36.4 Å². The standard InChI is InChI=1S/C33H49N7O6/c1-8-11-23(28(41)32(45)36-20(7)9-2)37-31(44)27-22-13-10-12-21(22)17-40(27)33(46)26(19(5)6)39-30(43)25(18(3)4)38-29(42)24-16-34-14-15-35-24/h10,12,14-16,18-23,25-27H,8-9,11,13,17H2,1-7H3,(H,36,45)(H,37,44)(H,38,42)(H,39,43)/t20-,21-,22-,23?,25+,26?,27?/m0/s1. The van der Waals surface area contributed by atoms with Gasteiger partial charge >= 0.3 is 0 Å². The first-order valence-electron chi connectivity index (χ1n) is 16.3. The molecule has 252 valence electrons. The number of Topliss-reactive ketones (excluding diaryl/α,β-unsaturated/α-hetero) is 1. The monoisotopic (exact) mass is 639 g/mol. The number of hydrogen-bond acceptors (Lipinski definition) is 8. The number of amides is 5. The van der Waals surface area contributed by atoms with Gasteiger partial charge in [0, 0.05) is 30.9 Å². The van der Waals surface area contributed by atoms with Crippen molar-refractivity contribution in [2.45, 2.75) is 104 Å². The molecule has 2 aliphatic rings. The smallest absolute Gasteiger partial charge is 0.289 e. The zero-order chi connectivity index (χ0) is 34.1. The second-order valence-corrected chi connectivity index (χ2v) is 12.9. The zero-order valence-electron chi connectivity index (χ0n) is 27.9. The van der Waals surface area contributed by atoms with Crippen LogP contribution in [0.1, 0.15) is 84.6 Å². The number of rotatable bonds is 15. The van der Waals surface area contributed by atoms with E-state index in [-0.39, 0.29) is 48.4 Å². The van der Waals surface area contributed by atoms with Gasteiger partial charge in [-0.05, 0) is 43.9 Å². The van der Waals surface area contributed by atoms with Crippen LogP contribution in [0.4, 0.5) is 0 Å². The third-order valence-corrected chi connectivity index (χ3v) is 8.73. The number of nitrogens with zero attached hydrogens (tertiary/aromatic N) is 3. The van der Waals surface area contributed by atoms with Gasteiger partial charge in [0.25, 0.3) is 11.8 Å². The Morgan fingerprint density at radius 2 is 1.61 bits per heavy atom. The molecule has 13 heteroatoms. The average Bonchev–Trinajstić information content (AvgIpc) is 3.63. The molecule has 4 N–H and O–H groups in total. The van der Waals surface area contributed by atoms with E-state index in [1.54, 1.807) is 34.6 Å². The third-order valence-electron chi connectivity index (χ3n) is 8.73. The molecule has 0 radical (unpaired) electrons. The van der Waals surface area contributed by atoms with E-state index < -0.39 is 59.5 Å². The first-order valence-corrected chi connectivity index (χ1v) is 16.3. The predicted molar refractivity (Wildman–Crippen MR) is 171 cm³/mol. The molecule has 3 unspecified atom stereocenters. The lowest BCUT2D eigenvalue weighted by molar-refractivity contribution is -0.145. The molecule has 0 saturated carbocycles. The van der Waals surface area contributed by atoms with Crippen LogP contribution in [0.25, 0.3) is 0 Å². The van der Waals surface area contributed by atoms with Crippen LogP contribution in [-0.4, -0.2) is 86.9 Å². The van der Waals surface area contributed by atoms with E-state index in [2.05, 4.69) is 31.2 Å². The van der Waals surface area contributed by atoms with Gasteiger partial charge in [0.05, 0.1) is 12.2 Å². The normalized spacial score (nSPS) is 21.2. The van der Waals surface area contributed by atoms with Gasteiger partial charge < -0.3 is 26.2 Å². The highest BCUT2D eigenvalue weighted by molar-refractivity contribution is 6.38. The van der Waals surface area contributed by atoms with Gasteiger partial charge in [-0.25, -0.2) is 4.98 Å². The van der Waals surface area contributed by atoms with Crippen molar-refractivity contribution in [1.82, 2.24) is 36.1 Å². The fourth-order valence-electron chi connectivity index (χ4n) is 5.89. The first-order chi connectivity index (χ1) is 21.8. The van der Waals surface area contributed by atoms with Crippen LogP contribution in [-0.2, 0) is 24.0 Å². The van der Waals surface area contributed by atoms with E-state index in [4.69, 9.17) is 0 Å². The first kappa shape index (κ1) is 36.3. The second kappa shape index (κ2) is 16.4. The fraction of sp³-hybridized carbons (Fsp3) is 0.636. The number of ketones is 1. The Hall–Kier alpha value is -4.16. The maximum Gasteiger partial charge on any atom is 0.289 e. The Morgan fingerprint density at radius 3 is 2.20 bits per heavy atom. The summed E-state index contributed by atoms with van der Waals surface area (Å²) in [4.78, 5) is 89.5. The highest BCUT2D eigenvalue weighted by atomic mass is 16.2. The second-order valence-electron chi connectivity index (χ2n) is 12.9. The van der Waals surface area contributed by atoms with Gasteiger partial charge in [-0.2, -0.15) is 0 Å². The molecule has 0 bridgehead atoms. The summed E-state index contributed by atoms with van der Waals surface area (Å²) in [6, 6.07) is -4.08. The summed E-state index contributed by atoms with van der Waals surface area (Å²) in [6.45, 7) is 13.0. The molecule has 1 saturated heterocycles. The highest BCUT2D eigenvalue weighted by Gasteiger charge is 2.50. The molecular weight excluding hydrogens is 590 g/mol. The number of nitrogens with one attached hydrogen (secondary N) is 4. The summed E-state index contributed by atoms with van der Waals surface area (Å²) in [5, 5.41) is 11.0. The molecule has 46 heavy (non-hydrogen) atoms. The van der Waals surface area contributed by atoms with Crippen molar-refractivity contribution in [3.63, 3.8) is 0 Å². The maximum absolute atomic E-state index is 14.2. The number of carbonyl (C=O) groups is 6. The quantitative estimate of drug-likeness (QED) is 0.165. The van der Waals surface area contributed by atoms with E-state index >= 15 is 0 Å². The zero-order valence-corrected chi connectivity index (χ0v) is 27.9. The molecule has 1 aromatic heterocycles. The van der Waals surface area contributed by atoms with Crippen molar-refractivity contribution in [2.75, 3.05) is 6.54 Å². The molecule has 0 aromatic carbocycles. The number of likely N-dealkylation sites (tertiary alicyclic amines) is 1. The van der Waals surface area contributed by atoms with Crippen LogP contribution in [0.5, 0.6) is 0 Å². The Morgan fingerprint density at radius 1 is 0.913 bits per heavy atom. The molecular formula is C33H49N7O6. The van der Waals surface area contributed by atoms with E-state index in [0.717, 1.165) is 0 Å². The van der Waals surface area contributed by atoms with Crippen LogP contribution >= 0.6 is 0 Å². The van der Waals surface area contributed by atoms with E-state index in [0.29, 0.717) is 19.3 Å². The molecule has 1 aliphatic carbocycles. The number of fused-ring (bicyclic) bond motifs is 1. The Bertz CT molecular complexity index is 1300. The molecule has 5 amide bonds.